The summed E-state index contributed by atoms with van der Waals surface area (Å²) in [5.41, 5.74) is 0.448. The van der Waals surface area contributed by atoms with Crippen LogP contribution in [-0.2, 0) is 7.05 Å². The van der Waals surface area contributed by atoms with Gasteiger partial charge in [0.25, 0.3) is 5.91 Å². The molecule has 1 aliphatic heterocycles. The van der Waals surface area contributed by atoms with Crippen LogP contribution in [-0.4, -0.2) is 64.2 Å². The second-order valence-corrected chi connectivity index (χ2v) is 4.57. The molecule has 19 heavy (non-hydrogen) atoms. The molecule has 106 valence electrons. The van der Waals surface area contributed by atoms with E-state index in [4.69, 9.17) is 0 Å². The van der Waals surface area contributed by atoms with Crippen molar-refractivity contribution in [2.75, 3.05) is 32.7 Å². The Balaban J connectivity index is 1.90. The summed E-state index contributed by atoms with van der Waals surface area (Å²) in [6, 6.07) is 0. The monoisotopic (exact) mass is 276 g/mol. The molecule has 0 N–H and O–H groups in total. The summed E-state index contributed by atoms with van der Waals surface area (Å²) in [6.45, 7) is 0.174. The van der Waals surface area contributed by atoms with Gasteiger partial charge in [0.1, 0.15) is 5.69 Å². The van der Waals surface area contributed by atoms with Crippen LogP contribution in [0.2, 0.25) is 0 Å². The van der Waals surface area contributed by atoms with Crippen molar-refractivity contribution < 1.29 is 18.0 Å². The Bertz CT molecular complexity index is 449. The molecular formula is C11H15F3N4O. The zero-order valence-electron chi connectivity index (χ0n) is 10.5. The number of nitrogens with zero attached hydrogens (tertiary/aromatic N) is 4. The SMILES string of the molecule is Cn1cncc1C(=O)N1CCN(CC(F)(F)F)CC1. The fourth-order valence-electron chi connectivity index (χ4n) is 2.09. The molecule has 5 nitrogen and oxygen atoms in total. The zero-order chi connectivity index (χ0) is 14.0. The average molecular weight is 276 g/mol. The predicted octanol–water partition coefficient (Wildman–Crippen LogP) is 0.740. The van der Waals surface area contributed by atoms with Gasteiger partial charge in [-0.3, -0.25) is 9.69 Å². The van der Waals surface area contributed by atoms with Crippen molar-refractivity contribution in [3.05, 3.63) is 18.2 Å². The van der Waals surface area contributed by atoms with Crippen molar-refractivity contribution in [1.29, 1.82) is 0 Å². The van der Waals surface area contributed by atoms with Crippen LogP contribution in [0, 0.1) is 0 Å². The molecule has 0 radical (unpaired) electrons. The van der Waals surface area contributed by atoms with Gasteiger partial charge in [0.05, 0.1) is 19.1 Å². The minimum atomic E-state index is -4.19. The quantitative estimate of drug-likeness (QED) is 0.800. The predicted molar refractivity (Wildman–Crippen MR) is 61.6 cm³/mol. The Labute approximate surface area is 108 Å². The molecule has 2 rings (SSSR count). The minimum absolute atomic E-state index is 0.188. The van der Waals surface area contributed by atoms with Gasteiger partial charge in [-0.2, -0.15) is 13.2 Å². The second-order valence-electron chi connectivity index (χ2n) is 4.57. The number of carbonyl (C=O) groups excluding carboxylic acids is 1. The Kier molecular flexibility index (Phi) is 3.79. The lowest BCUT2D eigenvalue weighted by Crippen LogP contribution is -2.51. The van der Waals surface area contributed by atoms with Crippen LogP contribution < -0.4 is 0 Å². The highest BCUT2D eigenvalue weighted by atomic mass is 19.4. The first kappa shape index (κ1) is 13.9. The van der Waals surface area contributed by atoms with Gasteiger partial charge in [-0.05, 0) is 0 Å². The van der Waals surface area contributed by atoms with E-state index in [1.165, 1.54) is 17.4 Å². The highest BCUT2D eigenvalue weighted by Gasteiger charge is 2.33. The summed E-state index contributed by atoms with van der Waals surface area (Å²) in [6.07, 6.45) is -1.20. The number of amides is 1. The highest BCUT2D eigenvalue weighted by molar-refractivity contribution is 5.92. The molecule has 0 aromatic carbocycles. The topological polar surface area (TPSA) is 41.4 Å². The largest absolute Gasteiger partial charge is 0.401 e. The van der Waals surface area contributed by atoms with Gasteiger partial charge in [-0.15, -0.1) is 0 Å². The lowest BCUT2D eigenvalue weighted by atomic mass is 10.3. The number of aromatic nitrogens is 2. The molecule has 1 saturated heterocycles. The van der Waals surface area contributed by atoms with E-state index < -0.39 is 12.7 Å². The standard InChI is InChI=1S/C11H15F3N4O/c1-16-8-15-6-9(16)10(19)18-4-2-17(3-5-18)7-11(12,13)14/h6,8H,2-5,7H2,1H3. The first-order valence-corrected chi connectivity index (χ1v) is 5.91. The van der Waals surface area contributed by atoms with Crippen LogP contribution in [0.25, 0.3) is 0 Å². The maximum atomic E-state index is 12.2. The molecule has 0 saturated carbocycles. The molecule has 1 aromatic heterocycles. The minimum Gasteiger partial charge on any atom is -0.335 e. The molecule has 1 amide bonds. The Morgan fingerprint density at radius 2 is 1.95 bits per heavy atom. The summed E-state index contributed by atoms with van der Waals surface area (Å²) >= 11 is 0. The summed E-state index contributed by atoms with van der Waals surface area (Å²) < 4.78 is 38.3. The molecule has 2 heterocycles. The lowest BCUT2D eigenvalue weighted by Gasteiger charge is -2.34. The summed E-state index contributed by atoms with van der Waals surface area (Å²) in [5.74, 6) is -0.188. The van der Waals surface area contributed by atoms with Gasteiger partial charge in [0, 0.05) is 33.2 Å². The van der Waals surface area contributed by atoms with Gasteiger partial charge in [0.15, 0.2) is 0 Å². The van der Waals surface area contributed by atoms with E-state index in [1.54, 1.807) is 16.5 Å². The van der Waals surface area contributed by atoms with Crippen LogP contribution in [0.4, 0.5) is 13.2 Å². The first-order valence-electron chi connectivity index (χ1n) is 5.91. The maximum absolute atomic E-state index is 12.2. The highest BCUT2D eigenvalue weighted by Crippen LogP contribution is 2.18. The van der Waals surface area contributed by atoms with E-state index in [2.05, 4.69) is 4.98 Å². The molecule has 0 aliphatic carbocycles. The number of aryl methyl sites for hydroxylation is 1. The Morgan fingerprint density at radius 1 is 1.32 bits per heavy atom. The van der Waals surface area contributed by atoms with E-state index in [0.29, 0.717) is 18.8 Å². The molecule has 0 unspecified atom stereocenters. The van der Waals surface area contributed by atoms with Gasteiger partial charge in [-0.25, -0.2) is 4.98 Å². The third-order valence-electron chi connectivity index (χ3n) is 3.10. The molecule has 1 fully saturated rings. The molecule has 0 spiro atoms. The lowest BCUT2D eigenvalue weighted by molar-refractivity contribution is -0.148. The zero-order valence-corrected chi connectivity index (χ0v) is 10.5. The van der Waals surface area contributed by atoms with Gasteiger partial charge < -0.3 is 9.47 Å². The molecule has 0 bridgehead atoms. The number of imidazole rings is 1. The molecule has 1 aliphatic rings. The number of hydrogen-bond donors (Lipinski definition) is 0. The number of carbonyl (C=O) groups is 1. The van der Waals surface area contributed by atoms with Gasteiger partial charge in [0.2, 0.25) is 0 Å². The van der Waals surface area contributed by atoms with Crippen molar-refractivity contribution >= 4 is 5.91 Å². The van der Waals surface area contributed by atoms with Crippen molar-refractivity contribution in [3.8, 4) is 0 Å². The maximum Gasteiger partial charge on any atom is 0.401 e. The van der Waals surface area contributed by atoms with Crippen LogP contribution in [0.1, 0.15) is 10.5 Å². The van der Waals surface area contributed by atoms with Crippen LogP contribution in [0.15, 0.2) is 12.5 Å². The van der Waals surface area contributed by atoms with E-state index >= 15 is 0 Å². The summed E-state index contributed by atoms with van der Waals surface area (Å²) in [5, 5.41) is 0. The Morgan fingerprint density at radius 3 is 2.42 bits per heavy atom. The van der Waals surface area contributed by atoms with Crippen LogP contribution in [0.3, 0.4) is 0 Å². The normalized spacial score (nSPS) is 17.8. The Hall–Kier alpha value is -1.57. The molecule has 0 atom stereocenters. The van der Waals surface area contributed by atoms with Gasteiger partial charge in [-0.1, -0.05) is 0 Å². The van der Waals surface area contributed by atoms with E-state index in [1.807, 2.05) is 0 Å². The smallest absolute Gasteiger partial charge is 0.335 e. The van der Waals surface area contributed by atoms with E-state index in [9.17, 15) is 18.0 Å². The third kappa shape index (κ3) is 3.46. The number of rotatable bonds is 2. The third-order valence-corrected chi connectivity index (χ3v) is 3.10. The number of alkyl halides is 3. The fourth-order valence-corrected chi connectivity index (χ4v) is 2.09. The van der Waals surface area contributed by atoms with Crippen LogP contribution >= 0.6 is 0 Å². The average Bonchev–Trinajstić information content (AvgIpc) is 2.73. The fraction of sp³-hybridized carbons (Fsp3) is 0.636. The van der Waals surface area contributed by atoms with Crippen LogP contribution in [0.5, 0.6) is 0 Å². The molecule has 8 heteroatoms. The van der Waals surface area contributed by atoms with Crippen molar-refractivity contribution in [2.24, 2.45) is 7.05 Å². The first-order chi connectivity index (χ1) is 8.87. The number of piperazine rings is 1. The van der Waals surface area contributed by atoms with Crippen molar-refractivity contribution in [3.63, 3.8) is 0 Å². The number of hydrogen-bond acceptors (Lipinski definition) is 3. The summed E-state index contributed by atoms with van der Waals surface area (Å²) in [7, 11) is 1.71. The second kappa shape index (κ2) is 5.20. The number of halogens is 3. The van der Waals surface area contributed by atoms with E-state index in [0.717, 1.165) is 0 Å². The van der Waals surface area contributed by atoms with Crippen molar-refractivity contribution in [2.45, 2.75) is 6.18 Å². The van der Waals surface area contributed by atoms with Crippen molar-refractivity contribution in [1.82, 2.24) is 19.4 Å². The molecule has 1 aromatic rings. The van der Waals surface area contributed by atoms with Gasteiger partial charge >= 0.3 is 6.18 Å². The summed E-state index contributed by atoms with van der Waals surface area (Å²) in [4.78, 5) is 18.8. The molecular weight excluding hydrogens is 261 g/mol. The van der Waals surface area contributed by atoms with E-state index in [-0.39, 0.29) is 19.0 Å².